The Bertz CT molecular complexity index is 331. The highest BCUT2D eigenvalue weighted by Crippen LogP contribution is 2.31. The lowest BCUT2D eigenvalue weighted by Crippen LogP contribution is -2.05. The molecule has 0 bridgehead atoms. The normalized spacial score (nSPS) is 15.1. The van der Waals surface area contributed by atoms with E-state index in [0.717, 1.165) is 30.5 Å². The van der Waals surface area contributed by atoms with Gasteiger partial charge < -0.3 is 10.1 Å². The molecule has 0 aromatic heterocycles. The molecule has 2 nitrogen and oxygen atoms in total. The van der Waals surface area contributed by atoms with Crippen LogP contribution in [-0.4, -0.2) is 13.2 Å². The molecule has 1 aliphatic rings. The van der Waals surface area contributed by atoms with Crippen molar-refractivity contribution in [3.05, 3.63) is 23.8 Å². The molecule has 2 heteroatoms. The first kappa shape index (κ1) is 10.3. The van der Waals surface area contributed by atoms with Crippen molar-refractivity contribution in [2.24, 2.45) is 5.92 Å². The Morgan fingerprint density at radius 1 is 1.40 bits per heavy atom. The molecule has 1 saturated carbocycles. The van der Waals surface area contributed by atoms with Crippen LogP contribution in [0.5, 0.6) is 5.75 Å². The largest absolute Gasteiger partial charge is 0.492 e. The van der Waals surface area contributed by atoms with Crippen LogP contribution in [0.3, 0.4) is 0 Å². The van der Waals surface area contributed by atoms with Crippen molar-refractivity contribution in [2.45, 2.75) is 26.7 Å². The van der Waals surface area contributed by atoms with Gasteiger partial charge in [0.15, 0.2) is 0 Å². The molecule has 1 aliphatic carbocycles. The van der Waals surface area contributed by atoms with Crippen LogP contribution in [0.15, 0.2) is 18.2 Å². The summed E-state index contributed by atoms with van der Waals surface area (Å²) in [6.07, 6.45) is 2.76. The van der Waals surface area contributed by atoms with Crippen LogP contribution >= 0.6 is 0 Å². The quantitative estimate of drug-likeness (QED) is 0.797. The summed E-state index contributed by atoms with van der Waals surface area (Å²) in [6, 6.07) is 6.33. The van der Waals surface area contributed by atoms with Crippen LogP contribution in [0.25, 0.3) is 0 Å². The van der Waals surface area contributed by atoms with E-state index in [-0.39, 0.29) is 0 Å². The molecule has 82 valence electrons. The lowest BCUT2D eigenvalue weighted by atomic mass is 10.2. The third-order valence-electron chi connectivity index (χ3n) is 2.72. The standard InChI is InChI=1S/C13H19NO/c1-3-15-13-8-10(2)4-7-12(13)14-9-11-5-6-11/h4,7-8,11,14H,3,5-6,9H2,1-2H3. The van der Waals surface area contributed by atoms with E-state index in [0.29, 0.717) is 0 Å². The van der Waals surface area contributed by atoms with Crippen LogP contribution in [-0.2, 0) is 0 Å². The third kappa shape index (κ3) is 2.88. The molecule has 1 N–H and O–H groups in total. The number of aryl methyl sites for hydroxylation is 1. The van der Waals surface area contributed by atoms with E-state index in [9.17, 15) is 0 Å². The Kier molecular flexibility index (Phi) is 3.14. The van der Waals surface area contributed by atoms with Crippen molar-refractivity contribution in [1.82, 2.24) is 0 Å². The molecule has 15 heavy (non-hydrogen) atoms. The van der Waals surface area contributed by atoms with E-state index < -0.39 is 0 Å². The zero-order chi connectivity index (χ0) is 10.7. The van der Waals surface area contributed by atoms with Crippen LogP contribution < -0.4 is 10.1 Å². The molecular weight excluding hydrogens is 186 g/mol. The van der Waals surface area contributed by atoms with Gasteiger partial charge in [0.05, 0.1) is 12.3 Å². The van der Waals surface area contributed by atoms with Crippen molar-refractivity contribution < 1.29 is 4.74 Å². The van der Waals surface area contributed by atoms with Gasteiger partial charge in [-0.25, -0.2) is 0 Å². The molecule has 2 rings (SSSR count). The Balaban J connectivity index is 2.04. The number of hydrogen-bond acceptors (Lipinski definition) is 2. The summed E-state index contributed by atoms with van der Waals surface area (Å²) < 4.78 is 5.61. The van der Waals surface area contributed by atoms with Gasteiger partial charge in [0, 0.05) is 6.54 Å². The maximum atomic E-state index is 5.61. The van der Waals surface area contributed by atoms with Gasteiger partial charge in [-0.1, -0.05) is 6.07 Å². The summed E-state index contributed by atoms with van der Waals surface area (Å²) in [4.78, 5) is 0. The van der Waals surface area contributed by atoms with E-state index in [2.05, 4.69) is 30.4 Å². The van der Waals surface area contributed by atoms with Crippen LogP contribution in [0.4, 0.5) is 5.69 Å². The molecule has 1 aromatic rings. The fraction of sp³-hybridized carbons (Fsp3) is 0.538. The lowest BCUT2D eigenvalue weighted by Gasteiger charge is -2.12. The van der Waals surface area contributed by atoms with E-state index in [1.165, 1.54) is 18.4 Å². The first-order valence-electron chi connectivity index (χ1n) is 5.77. The Hall–Kier alpha value is -1.18. The van der Waals surface area contributed by atoms with Crippen LogP contribution in [0.1, 0.15) is 25.3 Å². The van der Waals surface area contributed by atoms with E-state index >= 15 is 0 Å². The van der Waals surface area contributed by atoms with Gasteiger partial charge in [-0.2, -0.15) is 0 Å². The van der Waals surface area contributed by atoms with Gasteiger partial charge in [-0.3, -0.25) is 0 Å². The van der Waals surface area contributed by atoms with Gasteiger partial charge in [0.25, 0.3) is 0 Å². The number of nitrogens with one attached hydrogen (secondary N) is 1. The van der Waals surface area contributed by atoms with E-state index in [1.54, 1.807) is 0 Å². The van der Waals surface area contributed by atoms with E-state index in [1.807, 2.05) is 6.92 Å². The second-order valence-electron chi connectivity index (χ2n) is 4.26. The minimum absolute atomic E-state index is 0.724. The molecule has 0 heterocycles. The summed E-state index contributed by atoms with van der Waals surface area (Å²) in [5.41, 5.74) is 2.38. The van der Waals surface area contributed by atoms with Gasteiger partial charge in [0.2, 0.25) is 0 Å². The summed E-state index contributed by atoms with van der Waals surface area (Å²) in [5, 5.41) is 3.46. The second kappa shape index (κ2) is 4.56. The van der Waals surface area contributed by atoms with Crippen LogP contribution in [0.2, 0.25) is 0 Å². The smallest absolute Gasteiger partial charge is 0.142 e. The zero-order valence-electron chi connectivity index (χ0n) is 9.55. The van der Waals surface area contributed by atoms with Crippen molar-refractivity contribution in [3.8, 4) is 5.75 Å². The van der Waals surface area contributed by atoms with Crippen molar-refractivity contribution in [3.63, 3.8) is 0 Å². The Morgan fingerprint density at radius 2 is 2.20 bits per heavy atom. The summed E-state index contributed by atoms with van der Waals surface area (Å²) in [6.45, 7) is 5.92. The number of rotatable bonds is 5. The molecular formula is C13H19NO. The maximum Gasteiger partial charge on any atom is 0.142 e. The first-order valence-corrected chi connectivity index (χ1v) is 5.77. The van der Waals surface area contributed by atoms with Gasteiger partial charge in [-0.05, 0) is 50.3 Å². The average molecular weight is 205 g/mol. The topological polar surface area (TPSA) is 21.3 Å². The maximum absolute atomic E-state index is 5.61. The molecule has 0 amide bonds. The van der Waals surface area contributed by atoms with Gasteiger partial charge in [-0.15, -0.1) is 0 Å². The van der Waals surface area contributed by atoms with Gasteiger partial charge in [0.1, 0.15) is 5.75 Å². The number of ether oxygens (including phenoxy) is 1. The summed E-state index contributed by atoms with van der Waals surface area (Å²) in [7, 11) is 0. The molecule has 0 saturated heterocycles. The molecule has 0 atom stereocenters. The first-order chi connectivity index (χ1) is 7.29. The SMILES string of the molecule is CCOc1cc(C)ccc1NCC1CC1. The molecule has 0 unspecified atom stereocenters. The third-order valence-corrected chi connectivity index (χ3v) is 2.72. The summed E-state index contributed by atoms with van der Waals surface area (Å²) in [5.74, 6) is 1.87. The van der Waals surface area contributed by atoms with Crippen molar-refractivity contribution in [1.29, 1.82) is 0 Å². The van der Waals surface area contributed by atoms with Crippen LogP contribution in [0, 0.1) is 12.8 Å². The number of anilines is 1. The predicted molar refractivity (Wildman–Crippen MR) is 63.6 cm³/mol. The fourth-order valence-corrected chi connectivity index (χ4v) is 1.63. The summed E-state index contributed by atoms with van der Waals surface area (Å²) >= 11 is 0. The molecule has 0 radical (unpaired) electrons. The fourth-order valence-electron chi connectivity index (χ4n) is 1.63. The lowest BCUT2D eigenvalue weighted by molar-refractivity contribution is 0.341. The number of benzene rings is 1. The van der Waals surface area contributed by atoms with Gasteiger partial charge >= 0.3 is 0 Å². The van der Waals surface area contributed by atoms with Crippen molar-refractivity contribution >= 4 is 5.69 Å². The second-order valence-corrected chi connectivity index (χ2v) is 4.26. The molecule has 1 aromatic carbocycles. The monoisotopic (exact) mass is 205 g/mol. The molecule has 0 spiro atoms. The van der Waals surface area contributed by atoms with E-state index in [4.69, 9.17) is 4.74 Å². The minimum Gasteiger partial charge on any atom is -0.492 e. The minimum atomic E-state index is 0.724. The van der Waals surface area contributed by atoms with Crippen molar-refractivity contribution in [2.75, 3.05) is 18.5 Å². The highest BCUT2D eigenvalue weighted by molar-refractivity contribution is 5.57. The molecule has 0 aliphatic heterocycles. The predicted octanol–water partition coefficient (Wildman–Crippen LogP) is 3.22. The highest BCUT2D eigenvalue weighted by Gasteiger charge is 2.21. The highest BCUT2D eigenvalue weighted by atomic mass is 16.5. The number of hydrogen-bond donors (Lipinski definition) is 1. The Labute approximate surface area is 91.6 Å². The average Bonchev–Trinajstić information content (AvgIpc) is 3.01. The zero-order valence-corrected chi connectivity index (χ0v) is 9.55. The molecule has 1 fully saturated rings. The Morgan fingerprint density at radius 3 is 2.87 bits per heavy atom.